The molecule has 0 aliphatic carbocycles. The van der Waals surface area contributed by atoms with E-state index in [1.807, 2.05) is 0 Å². The standard InChI is InChI=1S/C18H17N9O4S2/c1-26(2)9-22-33(29,30)18-25-27-12(8-21-24-16(19)20)14(23-17(27)32-18)11-7-10-5-3-4-6-13(10)31-15(11)28/h3-9H,1-2H3,(H4,19,20,24)/b21-8+,22-9+. The molecule has 15 heteroatoms. The Morgan fingerprint density at radius 3 is 2.76 bits per heavy atom. The smallest absolute Gasteiger partial charge is 0.345 e. The number of imidazole rings is 1. The molecular weight excluding hydrogens is 470 g/mol. The van der Waals surface area contributed by atoms with Crippen molar-refractivity contribution in [1.82, 2.24) is 19.5 Å². The highest BCUT2D eigenvalue weighted by molar-refractivity contribution is 7.92. The summed E-state index contributed by atoms with van der Waals surface area (Å²) in [5.41, 5.74) is 10.9. The van der Waals surface area contributed by atoms with Gasteiger partial charge in [-0.25, -0.2) is 14.3 Å². The Balaban J connectivity index is 1.93. The number of fused-ring (bicyclic) bond motifs is 2. The number of rotatable bonds is 6. The zero-order valence-corrected chi connectivity index (χ0v) is 18.9. The van der Waals surface area contributed by atoms with Crippen molar-refractivity contribution >= 4 is 55.8 Å². The van der Waals surface area contributed by atoms with E-state index in [1.165, 1.54) is 15.6 Å². The normalized spacial score (nSPS) is 12.3. The summed E-state index contributed by atoms with van der Waals surface area (Å²) in [4.78, 5) is 18.7. The fourth-order valence-electron chi connectivity index (χ4n) is 2.74. The molecule has 33 heavy (non-hydrogen) atoms. The summed E-state index contributed by atoms with van der Waals surface area (Å²) in [6.45, 7) is 0. The van der Waals surface area contributed by atoms with E-state index in [0.29, 0.717) is 11.0 Å². The second-order valence-electron chi connectivity index (χ2n) is 6.82. The maximum absolute atomic E-state index is 12.7. The van der Waals surface area contributed by atoms with Crippen molar-refractivity contribution < 1.29 is 12.8 Å². The number of sulfonamides is 1. The van der Waals surface area contributed by atoms with Gasteiger partial charge in [0.05, 0.1) is 11.8 Å². The van der Waals surface area contributed by atoms with Crippen molar-refractivity contribution in [2.45, 2.75) is 4.34 Å². The summed E-state index contributed by atoms with van der Waals surface area (Å²) in [6, 6.07) is 8.60. The second kappa shape index (κ2) is 8.44. The quantitative estimate of drug-likeness (QED) is 0.168. The molecule has 0 bridgehead atoms. The minimum Gasteiger partial charge on any atom is -0.422 e. The molecule has 1 aromatic carbocycles. The van der Waals surface area contributed by atoms with Crippen LogP contribution in [0.5, 0.6) is 0 Å². The molecule has 0 aliphatic heterocycles. The third kappa shape index (κ3) is 4.44. The van der Waals surface area contributed by atoms with Gasteiger partial charge in [0, 0.05) is 19.5 Å². The van der Waals surface area contributed by atoms with Crippen LogP contribution < -0.4 is 17.1 Å². The van der Waals surface area contributed by atoms with E-state index in [-0.39, 0.29) is 32.2 Å². The van der Waals surface area contributed by atoms with E-state index in [4.69, 9.17) is 15.9 Å². The first-order valence-electron chi connectivity index (χ1n) is 9.17. The third-order valence-electron chi connectivity index (χ3n) is 4.11. The first-order chi connectivity index (χ1) is 15.7. The van der Waals surface area contributed by atoms with Gasteiger partial charge in [-0.05, 0) is 12.1 Å². The highest BCUT2D eigenvalue weighted by Crippen LogP contribution is 2.28. The molecule has 0 saturated heterocycles. The van der Waals surface area contributed by atoms with Crippen molar-refractivity contribution in [3.8, 4) is 11.3 Å². The van der Waals surface area contributed by atoms with Crippen molar-refractivity contribution in [3.63, 3.8) is 0 Å². The van der Waals surface area contributed by atoms with Crippen LogP contribution in [0.1, 0.15) is 5.69 Å². The van der Waals surface area contributed by atoms with Crippen LogP contribution in [0.4, 0.5) is 0 Å². The van der Waals surface area contributed by atoms with Crippen LogP contribution in [0, 0.1) is 0 Å². The van der Waals surface area contributed by atoms with Crippen LogP contribution in [-0.4, -0.2) is 60.5 Å². The van der Waals surface area contributed by atoms with Gasteiger partial charge >= 0.3 is 15.6 Å². The SMILES string of the molecule is CN(C)/C=N/S(=O)(=O)c1nn2c(/C=N/N=C(N)N)c(-c3cc4ccccc4oc3=O)nc2s1. The molecule has 0 atom stereocenters. The highest BCUT2D eigenvalue weighted by atomic mass is 32.2. The summed E-state index contributed by atoms with van der Waals surface area (Å²) < 4.78 is 34.9. The molecule has 4 N–H and O–H groups in total. The van der Waals surface area contributed by atoms with Crippen LogP contribution in [0.15, 0.2) is 58.5 Å². The number of nitrogens with zero attached hydrogens (tertiary/aromatic N) is 7. The molecule has 0 unspecified atom stereocenters. The molecule has 0 aliphatic rings. The van der Waals surface area contributed by atoms with Gasteiger partial charge in [0.1, 0.15) is 23.3 Å². The van der Waals surface area contributed by atoms with E-state index in [2.05, 4.69) is 24.7 Å². The number of nitrogens with two attached hydrogens (primary N) is 2. The van der Waals surface area contributed by atoms with Crippen LogP contribution in [0.25, 0.3) is 27.2 Å². The molecule has 0 radical (unpaired) electrons. The maximum Gasteiger partial charge on any atom is 0.345 e. The van der Waals surface area contributed by atoms with Gasteiger partial charge in [-0.2, -0.15) is 13.5 Å². The monoisotopic (exact) mass is 487 g/mol. The molecule has 170 valence electrons. The summed E-state index contributed by atoms with van der Waals surface area (Å²) in [5, 5.41) is 12.1. The molecule has 0 amide bonds. The first kappa shape index (κ1) is 22.1. The van der Waals surface area contributed by atoms with E-state index >= 15 is 0 Å². The van der Waals surface area contributed by atoms with Crippen LogP contribution in [0.3, 0.4) is 0 Å². The van der Waals surface area contributed by atoms with Crippen molar-refractivity contribution in [3.05, 3.63) is 46.4 Å². The Labute approximate surface area is 190 Å². The van der Waals surface area contributed by atoms with Gasteiger partial charge in [0.15, 0.2) is 0 Å². The van der Waals surface area contributed by atoms with Gasteiger partial charge < -0.3 is 20.8 Å². The average Bonchev–Trinajstić information content (AvgIpc) is 3.31. The van der Waals surface area contributed by atoms with Gasteiger partial charge in [0.25, 0.3) is 4.34 Å². The molecule has 13 nitrogen and oxygen atoms in total. The zero-order chi connectivity index (χ0) is 23.8. The Hall–Kier alpha value is -4.11. The molecule has 4 aromatic rings. The molecule has 0 fully saturated rings. The molecule has 3 heterocycles. The lowest BCUT2D eigenvalue weighted by Crippen LogP contribution is -2.21. The Morgan fingerprint density at radius 2 is 2.03 bits per heavy atom. The van der Waals surface area contributed by atoms with Crippen LogP contribution in [-0.2, 0) is 10.0 Å². The average molecular weight is 488 g/mol. The molecule has 0 spiro atoms. The fourth-order valence-corrected chi connectivity index (χ4v) is 4.75. The predicted octanol–water partition coefficient (Wildman–Crippen LogP) is 0.450. The number of para-hydroxylation sites is 1. The van der Waals surface area contributed by atoms with Crippen LogP contribution >= 0.6 is 11.3 Å². The lowest BCUT2D eigenvalue weighted by Gasteiger charge is -2.02. The Bertz CT molecular complexity index is 1610. The number of benzene rings is 1. The van der Waals surface area contributed by atoms with Gasteiger partial charge in [-0.1, -0.05) is 29.5 Å². The third-order valence-corrected chi connectivity index (χ3v) is 6.59. The lowest BCUT2D eigenvalue weighted by molar-refractivity contribution is 0.563. The minimum absolute atomic E-state index is 0.132. The maximum atomic E-state index is 12.7. The minimum atomic E-state index is -4.07. The van der Waals surface area contributed by atoms with Gasteiger partial charge in [-0.3, -0.25) is 0 Å². The number of hydrogen-bond donors (Lipinski definition) is 2. The largest absolute Gasteiger partial charge is 0.422 e. The lowest BCUT2D eigenvalue weighted by atomic mass is 10.1. The Kier molecular flexibility index (Phi) is 5.65. The fraction of sp³-hybridized carbons (Fsp3) is 0.111. The van der Waals surface area contributed by atoms with E-state index in [1.54, 1.807) is 44.4 Å². The summed E-state index contributed by atoms with van der Waals surface area (Å²) in [6.07, 6.45) is 2.36. The Morgan fingerprint density at radius 1 is 1.27 bits per heavy atom. The number of guanidine groups is 1. The zero-order valence-electron chi connectivity index (χ0n) is 17.3. The molecule has 3 aromatic heterocycles. The van der Waals surface area contributed by atoms with E-state index in [0.717, 1.165) is 17.7 Å². The highest BCUT2D eigenvalue weighted by Gasteiger charge is 2.25. The van der Waals surface area contributed by atoms with Gasteiger partial charge in [0.2, 0.25) is 10.9 Å². The predicted molar refractivity (Wildman–Crippen MR) is 125 cm³/mol. The topological polar surface area (TPSA) is 187 Å². The van der Waals surface area contributed by atoms with E-state index < -0.39 is 15.6 Å². The number of hydrogen-bond acceptors (Lipinski definition) is 9. The van der Waals surface area contributed by atoms with Gasteiger partial charge in [-0.15, -0.1) is 14.6 Å². The summed E-state index contributed by atoms with van der Waals surface area (Å²) in [5.74, 6) is -0.293. The molecule has 4 rings (SSSR count). The number of aromatic nitrogens is 3. The van der Waals surface area contributed by atoms with Crippen molar-refractivity contribution in [2.24, 2.45) is 26.1 Å². The summed E-state index contributed by atoms with van der Waals surface area (Å²) >= 11 is 0.776. The summed E-state index contributed by atoms with van der Waals surface area (Å²) in [7, 11) is -0.806. The second-order valence-corrected chi connectivity index (χ2v) is 9.58. The molecular formula is C18H17N9O4S2. The van der Waals surface area contributed by atoms with Crippen molar-refractivity contribution in [1.29, 1.82) is 0 Å². The first-order valence-corrected chi connectivity index (χ1v) is 11.4. The van der Waals surface area contributed by atoms with Crippen LogP contribution in [0.2, 0.25) is 0 Å². The van der Waals surface area contributed by atoms with Crippen molar-refractivity contribution in [2.75, 3.05) is 14.1 Å². The van der Waals surface area contributed by atoms with E-state index in [9.17, 15) is 13.2 Å². The molecule has 0 saturated carbocycles.